The summed E-state index contributed by atoms with van der Waals surface area (Å²) in [4.78, 5) is 26.3. The van der Waals surface area contributed by atoms with Gasteiger partial charge in [-0.25, -0.2) is 8.78 Å². The molecule has 5 nitrogen and oxygen atoms in total. The molecule has 0 bridgehead atoms. The summed E-state index contributed by atoms with van der Waals surface area (Å²) >= 11 is 0. The third-order valence-electron chi connectivity index (χ3n) is 4.55. The van der Waals surface area contributed by atoms with Gasteiger partial charge in [0, 0.05) is 31.7 Å². The van der Waals surface area contributed by atoms with E-state index in [2.05, 4.69) is 27.7 Å². The monoisotopic (exact) mass is 373 g/mol. The van der Waals surface area contributed by atoms with E-state index in [1.165, 1.54) is 5.56 Å². The van der Waals surface area contributed by atoms with Crippen molar-refractivity contribution in [3.05, 3.63) is 65.7 Å². The third kappa shape index (κ3) is 5.34. The van der Waals surface area contributed by atoms with Gasteiger partial charge >= 0.3 is 11.8 Å². The number of nitrogens with zero attached hydrogens (tertiary/aromatic N) is 1. The van der Waals surface area contributed by atoms with Gasteiger partial charge in [0.25, 0.3) is 0 Å². The Balaban J connectivity index is 1.46. The topological polar surface area (TPSA) is 61.4 Å². The Labute approximate surface area is 156 Å². The van der Waals surface area contributed by atoms with Crippen molar-refractivity contribution in [2.45, 2.75) is 25.4 Å². The van der Waals surface area contributed by atoms with Gasteiger partial charge in [0.1, 0.15) is 11.6 Å². The summed E-state index contributed by atoms with van der Waals surface area (Å²) in [6.07, 6.45) is 1.44. The molecule has 1 heterocycles. The van der Waals surface area contributed by atoms with Crippen LogP contribution in [0.25, 0.3) is 0 Å². The van der Waals surface area contributed by atoms with Gasteiger partial charge in [-0.15, -0.1) is 0 Å². The minimum Gasteiger partial charge on any atom is -0.345 e. The van der Waals surface area contributed by atoms with Crippen molar-refractivity contribution in [3.8, 4) is 0 Å². The number of nitrogens with one attached hydrogen (secondary N) is 2. The van der Waals surface area contributed by atoms with Crippen LogP contribution in [0, 0.1) is 11.6 Å². The summed E-state index contributed by atoms with van der Waals surface area (Å²) in [5.41, 5.74) is 0.879. The van der Waals surface area contributed by atoms with Gasteiger partial charge in [-0.2, -0.15) is 0 Å². The number of piperidine rings is 1. The lowest BCUT2D eigenvalue weighted by Gasteiger charge is -2.32. The van der Waals surface area contributed by atoms with Crippen molar-refractivity contribution in [1.29, 1.82) is 0 Å². The van der Waals surface area contributed by atoms with Gasteiger partial charge in [0.05, 0.1) is 5.69 Å². The first kappa shape index (κ1) is 19.0. The van der Waals surface area contributed by atoms with E-state index in [0.717, 1.165) is 50.7 Å². The van der Waals surface area contributed by atoms with Gasteiger partial charge in [-0.05, 0) is 30.5 Å². The molecule has 2 amide bonds. The number of anilines is 1. The Morgan fingerprint density at radius 1 is 1.00 bits per heavy atom. The maximum absolute atomic E-state index is 13.6. The predicted molar refractivity (Wildman–Crippen MR) is 97.9 cm³/mol. The summed E-state index contributed by atoms with van der Waals surface area (Å²) < 4.78 is 26.7. The van der Waals surface area contributed by atoms with Crippen molar-refractivity contribution in [3.63, 3.8) is 0 Å². The zero-order valence-electron chi connectivity index (χ0n) is 14.8. The summed E-state index contributed by atoms with van der Waals surface area (Å²) in [5, 5.41) is 4.77. The van der Waals surface area contributed by atoms with Gasteiger partial charge in [-0.1, -0.05) is 30.3 Å². The van der Waals surface area contributed by atoms with Crippen molar-refractivity contribution in [2.24, 2.45) is 0 Å². The van der Waals surface area contributed by atoms with Crippen LogP contribution in [0.5, 0.6) is 0 Å². The first-order valence-electron chi connectivity index (χ1n) is 8.84. The molecule has 0 spiro atoms. The highest BCUT2D eigenvalue weighted by molar-refractivity contribution is 6.39. The largest absolute Gasteiger partial charge is 0.345 e. The molecule has 0 aromatic heterocycles. The lowest BCUT2D eigenvalue weighted by molar-refractivity contribution is -0.136. The fourth-order valence-electron chi connectivity index (χ4n) is 3.10. The molecule has 2 aromatic carbocycles. The van der Waals surface area contributed by atoms with Crippen LogP contribution in [-0.4, -0.2) is 35.8 Å². The van der Waals surface area contributed by atoms with Gasteiger partial charge in [0.15, 0.2) is 0 Å². The zero-order chi connectivity index (χ0) is 19.2. The van der Waals surface area contributed by atoms with Crippen LogP contribution >= 0.6 is 0 Å². The summed E-state index contributed by atoms with van der Waals surface area (Å²) in [7, 11) is 0. The van der Waals surface area contributed by atoms with E-state index in [0.29, 0.717) is 0 Å². The van der Waals surface area contributed by atoms with E-state index < -0.39 is 23.4 Å². The highest BCUT2D eigenvalue weighted by atomic mass is 19.1. The highest BCUT2D eigenvalue weighted by Crippen LogP contribution is 2.16. The Hall–Kier alpha value is -2.80. The molecule has 0 radical (unpaired) electrons. The molecule has 0 aliphatic carbocycles. The molecule has 0 unspecified atom stereocenters. The van der Waals surface area contributed by atoms with Gasteiger partial charge < -0.3 is 10.6 Å². The summed E-state index contributed by atoms with van der Waals surface area (Å²) in [5.74, 6) is -3.35. The second kappa shape index (κ2) is 8.73. The number of carbonyl (C=O) groups is 2. The molecule has 0 atom stereocenters. The number of amides is 2. The lowest BCUT2D eigenvalue weighted by Crippen LogP contribution is -2.47. The Kier molecular flexibility index (Phi) is 6.13. The molecule has 3 rings (SSSR count). The van der Waals surface area contributed by atoms with Crippen LogP contribution < -0.4 is 10.6 Å². The van der Waals surface area contributed by atoms with E-state index in [9.17, 15) is 18.4 Å². The van der Waals surface area contributed by atoms with Crippen molar-refractivity contribution in [1.82, 2.24) is 10.2 Å². The Morgan fingerprint density at radius 2 is 1.70 bits per heavy atom. The van der Waals surface area contributed by atoms with Crippen LogP contribution in [0.4, 0.5) is 14.5 Å². The molecule has 2 N–H and O–H groups in total. The van der Waals surface area contributed by atoms with E-state index in [1.807, 2.05) is 18.2 Å². The second-order valence-electron chi connectivity index (χ2n) is 6.59. The number of carbonyl (C=O) groups excluding carboxylic acids is 2. The minimum absolute atomic E-state index is 0.118. The molecule has 27 heavy (non-hydrogen) atoms. The zero-order valence-corrected chi connectivity index (χ0v) is 14.8. The third-order valence-corrected chi connectivity index (χ3v) is 4.55. The number of hydrogen-bond donors (Lipinski definition) is 2. The van der Waals surface area contributed by atoms with Crippen LogP contribution in [0.1, 0.15) is 18.4 Å². The molecule has 7 heteroatoms. The van der Waals surface area contributed by atoms with Crippen molar-refractivity contribution in [2.75, 3.05) is 18.4 Å². The average Bonchev–Trinajstić information content (AvgIpc) is 2.67. The standard InChI is InChI=1S/C20H21F2N3O2/c21-15-6-7-17(22)18(12-15)24-20(27)19(26)23-16-8-10-25(11-9-16)13-14-4-2-1-3-5-14/h1-7,12,16H,8-11,13H2,(H,23,26)(H,24,27). The molecule has 0 saturated carbocycles. The van der Waals surface area contributed by atoms with Crippen molar-refractivity contribution >= 4 is 17.5 Å². The number of halogens is 2. The number of likely N-dealkylation sites (tertiary alicyclic amines) is 1. The fraction of sp³-hybridized carbons (Fsp3) is 0.300. The number of hydrogen-bond acceptors (Lipinski definition) is 3. The fourth-order valence-corrected chi connectivity index (χ4v) is 3.10. The van der Waals surface area contributed by atoms with Crippen LogP contribution in [0.3, 0.4) is 0 Å². The van der Waals surface area contributed by atoms with Crippen LogP contribution in [0.2, 0.25) is 0 Å². The average molecular weight is 373 g/mol. The van der Waals surface area contributed by atoms with Gasteiger partial charge in [0.2, 0.25) is 0 Å². The predicted octanol–water partition coefficient (Wildman–Crippen LogP) is 2.68. The second-order valence-corrected chi connectivity index (χ2v) is 6.59. The normalized spacial score (nSPS) is 15.3. The maximum atomic E-state index is 13.6. The summed E-state index contributed by atoms with van der Waals surface area (Å²) in [6.45, 7) is 2.46. The van der Waals surface area contributed by atoms with E-state index in [-0.39, 0.29) is 11.7 Å². The molecule has 142 valence electrons. The first-order chi connectivity index (χ1) is 13.0. The Morgan fingerprint density at radius 3 is 2.41 bits per heavy atom. The van der Waals surface area contributed by atoms with E-state index in [1.54, 1.807) is 0 Å². The maximum Gasteiger partial charge on any atom is 0.313 e. The van der Waals surface area contributed by atoms with E-state index in [4.69, 9.17) is 0 Å². The first-order valence-corrected chi connectivity index (χ1v) is 8.84. The Bertz CT molecular complexity index is 806. The molecule has 1 fully saturated rings. The number of benzene rings is 2. The quantitative estimate of drug-likeness (QED) is 0.810. The van der Waals surface area contributed by atoms with Gasteiger partial charge in [-0.3, -0.25) is 14.5 Å². The van der Waals surface area contributed by atoms with E-state index >= 15 is 0 Å². The SMILES string of the molecule is O=C(Nc1cc(F)ccc1F)C(=O)NC1CCN(Cc2ccccc2)CC1. The van der Waals surface area contributed by atoms with Crippen LogP contribution in [-0.2, 0) is 16.1 Å². The van der Waals surface area contributed by atoms with Crippen molar-refractivity contribution < 1.29 is 18.4 Å². The molecular formula is C20H21F2N3O2. The van der Waals surface area contributed by atoms with Crippen LogP contribution in [0.15, 0.2) is 48.5 Å². The number of rotatable bonds is 4. The minimum atomic E-state index is -1.01. The summed E-state index contributed by atoms with van der Waals surface area (Å²) in [6, 6.07) is 12.7. The molecule has 1 aliphatic rings. The molecule has 1 saturated heterocycles. The lowest BCUT2D eigenvalue weighted by atomic mass is 10.0. The smallest absolute Gasteiger partial charge is 0.313 e. The molecule has 2 aromatic rings. The molecular weight excluding hydrogens is 352 g/mol. The highest BCUT2D eigenvalue weighted by Gasteiger charge is 2.24. The molecule has 1 aliphatic heterocycles.